The van der Waals surface area contributed by atoms with Crippen molar-refractivity contribution in [2.24, 2.45) is 5.92 Å². The topological polar surface area (TPSA) is 71.6 Å². The summed E-state index contributed by atoms with van der Waals surface area (Å²) in [5, 5.41) is 10.6. The predicted octanol–water partition coefficient (Wildman–Crippen LogP) is 2.24. The van der Waals surface area contributed by atoms with Gasteiger partial charge < -0.3 is 10.1 Å². The summed E-state index contributed by atoms with van der Waals surface area (Å²) < 4.78 is 27.0. The molecule has 0 saturated heterocycles. The number of aromatic nitrogens is 1. The second-order valence-electron chi connectivity index (χ2n) is 7.73. The maximum absolute atomic E-state index is 13.5. The van der Waals surface area contributed by atoms with Gasteiger partial charge in [0.25, 0.3) is 0 Å². The van der Waals surface area contributed by atoms with E-state index in [2.05, 4.69) is 22.2 Å². The smallest absolute Gasteiger partial charge is 0.320 e. The average molecular weight is 390 g/mol. The van der Waals surface area contributed by atoms with Crippen LogP contribution in [-0.4, -0.2) is 58.3 Å². The van der Waals surface area contributed by atoms with Gasteiger partial charge in [0, 0.05) is 36.1 Å². The Morgan fingerprint density at radius 2 is 2.21 bits per heavy atom. The van der Waals surface area contributed by atoms with Crippen LogP contribution in [0.2, 0.25) is 0 Å². The number of rotatable bonds is 4. The molecule has 2 aliphatic rings. The molecule has 4 rings (SSSR count). The molecule has 28 heavy (non-hydrogen) atoms. The van der Waals surface area contributed by atoms with Crippen molar-refractivity contribution < 1.29 is 18.7 Å². The first-order chi connectivity index (χ1) is 13.2. The van der Waals surface area contributed by atoms with Crippen LogP contribution in [0.1, 0.15) is 23.7 Å². The lowest BCUT2D eigenvalue weighted by Gasteiger charge is -2.40. The van der Waals surface area contributed by atoms with Crippen molar-refractivity contribution in [3.8, 4) is 0 Å². The molecule has 1 amide bonds. The molecule has 0 spiro atoms. The highest BCUT2D eigenvalue weighted by Gasteiger charge is 2.38. The minimum Gasteiger partial charge on any atom is -0.379 e. The number of fused-ring (bicyclic) bond motifs is 2. The molecule has 0 fully saturated rings. The van der Waals surface area contributed by atoms with Crippen molar-refractivity contribution in [3.63, 3.8) is 0 Å². The number of benzene rings is 1. The molecular weight excluding hydrogens is 366 g/mol. The van der Waals surface area contributed by atoms with Crippen molar-refractivity contribution >= 4 is 22.4 Å². The Morgan fingerprint density at radius 1 is 1.46 bits per heavy atom. The molecule has 2 unspecified atom stereocenters. The summed E-state index contributed by atoms with van der Waals surface area (Å²) in [5.74, 6) is -1.15. The third-order valence-corrected chi connectivity index (χ3v) is 5.80. The molecule has 0 radical (unpaired) electrons. The van der Waals surface area contributed by atoms with E-state index in [9.17, 15) is 13.6 Å². The molecule has 0 saturated carbocycles. The van der Waals surface area contributed by atoms with Gasteiger partial charge >= 0.3 is 6.05 Å². The van der Waals surface area contributed by atoms with Crippen molar-refractivity contribution in [1.29, 1.82) is 0 Å². The maximum atomic E-state index is 13.5. The minimum absolute atomic E-state index is 0.137. The molecular formula is C20H24F2N4O2. The number of aromatic amines is 1. The Hall–Kier alpha value is -2.29. The summed E-state index contributed by atoms with van der Waals surface area (Å²) in [4.78, 5) is 18.2. The molecule has 3 N–H and O–H groups in total. The molecule has 0 bridgehead atoms. The number of nitrogens with one attached hydrogen (secondary N) is 2. The quantitative estimate of drug-likeness (QED) is 0.425. The molecule has 6 nitrogen and oxygen atoms in total. The summed E-state index contributed by atoms with van der Waals surface area (Å²) in [6.45, 7) is 2.15. The van der Waals surface area contributed by atoms with Gasteiger partial charge in [-0.3, -0.25) is 15.1 Å². The molecule has 2 atom stereocenters. The third-order valence-electron chi connectivity index (χ3n) is 5.80. The fourth-order valence-electron chi connectivity index (χ4n) is 4.36. The Kier molecular flexibility index (Phi) is 4.52. The third kappa shape index (κ3) is 3.01. The largest absolute Gasteiger partial charge is 0.379 e. The zero-order valence-electron chi connectivity index (χ0n) is 16.1. The number of hydrazine groups is 1. The van der Waals surface area contributed by atoms with Crippen LogP contribution >= 0.6 is 0 Å². The number of likely N-dealkylation sites (N-methyl/N-ethyl adjacent to an activating group) is 1. The van der Waals surface area contributed by atoms with E-state index in [-0.39, 0.29) is 11.1 Å². The number of aliphatic hydroxyl groups excluding tert-OH is 1. The minimum atomic E-state index is -3.35. The van der Waals surface area contributed by atoms with Crippen molar-refractivity contribution in [2.45, 2.75) is 32.4 Å². The van der Waals surface area contributed by atoms with Crippen LogP contribution in [-0.2, 0) is 11.2 Å². The molecule has 1 aromatic carbocycles. The Balaban J connectivity index is 1.71. The predicted molar refractivity (Wildman–Crippen MR) is 102 cm³/mol. The van der Waals surface area contributed by atoms with Crippen molar-refractivity contribution in [1.82, 2.24) is 20.3 Å². The Labute approximate surface area is 161 Å². The van der Waals surface area contributed by atoms with Crippen LogP contribution in [0.25, 0.3) is 16.5 Å². The van der Waals surface area contributed by atoms with Gasteiger partial charge in [0.05, 0.1) is 5.92 Å². The lowest BCUT2D eigenvalue weighted by molar-refractivity contribution is -0.191. The molecule has 150 valence electrons. The van der Waals surface area contributed by atoms with E-state index in [0.29, 0.717) is 13.5 Å². The number of hydrogen-bond acceptors (Lipinski definition) is 4. The average Bonchev–Trinajstić information content (AvgIpc) is 2.96. The second-order valence-corrected chi connectivity index (χ2v) is 7.73. The van der Waals surface area contributed by atoms with Crippen LogP contribution in [0, 0.1) is 12.8 Å². The van der Waals surface area contributed by atoms with Crippen molar-refractivity contribution in [3.05, 3.63) is 41.1 Å². The van der Waals surface area contributed by atoms with E-state index in [1.54, 1.807) is 0 Å². The number of carbonyl (C=O) groups excluding carboxylic acids is 1. The zero-order valence-corrected chi connectivity index (χ0v) is 16.1. The van der Waals surface area contributed by atoms with E-state index in [1.807, 2.05) is 31.3 Å². The molecule has 8 heteroatoms. The van der Waals surface area contributed by atoms with Crippen LogP contribution in [0.15, 0.2) is 24.3 Å². The Bertz CT molecular complexity index is 963. The lowest BCUT2D eigenvalue weighted by Crippen LogP contribution is -2.55. The van der Waals surface area contributed by atoms with E-state index < -0.39 is 24.6 Å². The summed E-state index contributed by atoms with van der Waals surface area (Å²) in [6, 6.07) is 2.85. The SMILES string of the molecule is Cc1[nH]c2cccc3c2c1CC1C3=CC(C(=O)NN(CO)C(C)(F)F)CN1C. The fraction of sp³-hybridized carbons (Fsp3) is 0.450. The molecule has 1 aliphatic carbocycles. The van der Waals surface area contributed by atoms with E-state index in [0.717, 1.165) is 28.8 Å². The molecule has 1 aromatic heterocycles. The van der Waals surface area contributed by atoms with E-state index >= 15 is 0 Å². The van der Waals surface area contributed by atoms with E-state index in [4.69, 9.17) is 5.11 Å². The van der Waals surface area contributed by atoms with Gasteiger partial charge in [0.2, 0.25) is 5.91 Å². The van der Waals surface area contributed by atoms with Gasteiger partial charge in [-0.1, -0.05) is 18.2 Å². The number of aliphatic hydroxyl groups is 1. The van der Waals surface area contributed by atoms with Gasteiger partial charge in [-0.2, -0.15) is 8.78 Å². The molecule has 1 aliphatic heterocycles. The first kappa shape index (κ1) is 19.0. The number of hydrogen-bond donors (Lipinski definition) is 3. The van der Waals surface area contributed by atoms with E-state index in [1.165, 1.54) is 10.9 Å². The summed E-state index contributed by atoms with van der Waals surface area (Å²) in [5.41, 5.74) is 7.79. The number of alkyl halides is 2. The lowest BCUT2D eigenvalue weighted by atomic mass is 9.79. The van der Waals surface area contributed by atoms with Gasteiger partial charge in [0.15, 0.2) is 0 Å². The molecule has 2 heterocycles. The Morgan fingerprint density at radius 3 is 2.89 bits per heavy atom. The molecule has 2 aromatic rings. The standard InChI is InChI=1S/C20H24F2N4O2/c1-11-14-8-17-15(13-5-4-6-16(23-11)18(13)14)7-12(9-25(17)3)19(28)24-26(10-27)20(2,21)22/h4-7,12,17,23,27H,8-10H2,1-3H3,(H,24,28). The van der Waals surface area contributed by atoms with Crippen molar-refractivity contribution in [2.75, 3.05) is 20.3 Å². The zero-order chi connectivity index (χ0) is 20.2. The number of carbonyl (C=O) groups is 1. The van der Waals surface area contributed by atoms with Crippen LogP contribution < -0.4 is 5.43 Å². The van der Waals surface area contributed by atoms with Gasteiger partial charge in [0.1, 0.15) is 6.73 Å². The second kappa shape index (κ2) is 6.65. The normalized spacial score (nSPS) is 22.3. The highest BCUT2D eigenvalue weighted by Crippen LogP contribution is 2.42. The summed E-state index contributed by atoms with van der Waals surface area (Å²) in [6.07, 6.45) is 2.73. The van der Waals surface area contributed by atoms with Crippen LogP contribution in [0.3, 0.4) is 0 Å². The fourth-order valence-corrected chi connectivity index (χ4v) is 4.36. The number of halogens is 2. The first-order valence-electron chi connectivity index (χ1n) is 9.30. The van der Waals surface area contributed by atoms with Crippen LogP contribution in [0.5, 0.6) is 0 Å². The van der Waals surface area contributed by atoms with Gasteiger partial charge in [-0.15, -0.1) is 5.01 Å². The number of aryl methyl sites for hydroxylation is 1. The highest BCUT2D eigenvalue weighted by atomic mass is 19.3. The summed E-state index contributed by atoms with van der Waals surface area (Å²) >= 11 is 0. The summed E-state index contributed by atoms with van der Waals surface area (Å²) in [7, 11) is 1.95. The maximum Gasteiger partial charge on any atom is 0.320 e. The monoisotopic (exact) mass is 390 g/mol. The van der Waals surface area contributed by atoms with Gasteiger partial charge in [-0.05, 0) is 43.2 Å². The first-order valence-corrected chi connectivity index (χ1v) is 9.30. The highest BCUT2D eigenvalue weighted by molar-refractivity contribution is 6.00. The number of amides is 1. The van der Waals surface area contributed by atoms with Crippen LogP contribution in [0.4, 0.5) is 8.78 Å². The van der Waals surface area contributed by atoms with Gasteiger partial charge in [-0.25, -0.2) is 0 Å². The number of nitrogens with zero attached hydrogens (tertiary/aromatic N) is 2. The number of H-pyrrole nitrogens is 1.